The normalized spacial score (nSPS) is 22.4. The molecule has 0 saturated heterocycles. The van der Waals surface area contributed by atoms with Crippen LogP contribution in [0.25, 0.3) is 0 Å². The number of hydrogen-bond donors (Lipinski definition) is 1. The zero-order chi connectivity index (χ0) is 15.0. The second-order valence-electron chi connectivity index (χ2n) is 5.55. The van der Waals surface area contributed by atoms with Gasteiger partial charge in [0.1, 0.15) is 11.5 Å². The zero-order valence-corrected chi connectivity index (χ0v) is 14.2. The summed E-state index contributed by atoms with van der Waals surface area (Å²) >= 11 is 5.05. The third kappa shape index (κ3) is 2.34. The minimum absolute atomic E-state index is 0.705. The predicted octanol–water partition coefficient (Wildman–Crippen LogP) is 4.65. The Morgan fingerprint density at radius 1 is 1.43 bits per heavy atom. The molecule has 0 saturated carbocycles. The Hall–Kier alpha value is -1.15. The van der Waals surface area contributed by atoms with Crippen molar-refractivity contribution in [3.8, 4) is 6.07 Å². The van der Waals surface area contributed by atoms with Gasteiger partial charge in [-0.25, -0.2) is 0 Å². The summed E-state index contributed by atoms with van der Waals surface area (Å²) in [6, 6.07) is 12.4. The standard InChI is InChI=1S/C17H16BrNOS/c1-11-14(18)9-15(21-11)16(20)17(10-19)8-4-6-12-5-2-3-7-13(12)17/h2-3,5,7,9,16,20H,4,6,8H2,1H3. The highest BCUT2D eigenvalue weighted by Gasteiger charge is 2.44. The Balaban J connectivity index is 2.12. The number of nitriles is 1. The number of rotatable bonds is 2. The Labute approximate surface area is 137 Å². The molecule has 0 amide bonds. The smallest absolute Gasteiger partial charge is 0.113 e. The molecule has 0 bridgehead atoms. The largest absolute Gasteiger partial charge is 0.386 e. The van der Waals surface area contributed by atoms with Gasteiger partial charge in [-0.15, -0.1) is 11.3 Å². The zero-order valence-electron chi connectivity index (χ0n) is 11.8. The van der Waals surface area contributed by atoms with Crippen LogP contribution >= 0.6 is 27.3 Å². The van der Waals surface area contributed by atoms with Crippen molar-refractivity contribution in [2.75, 3.05) is 0 Å². The Kier molecular flexibility index (Phi) is 3.92. The lowest BCUT2D eigenvalue weighted by atomic mass is 9.67. The van der Waals surface area contributed by atoms with Crippen molar-refractivity contribution >= 4 is 27.3 Å². The van der Waals surface area contributed by atoms with Crippen LogP contribution in [-0.4, -0.2) is 5.11 Å². The third-order valence-electron chi connectivity index (χ3n) is 4.33. The lowest BCUT2D eigenvalue weighted by Crippen LogP contribution is -2.35. The van der Waals surface area contributed by atoms with Gasteiger partial charge in [0, 0.05) is 14.2 Å². The fourth-order valence-corrected chi connectivity index (χ4v) is 4.83. The van der Waals surface area contributed by atoms with Crippen molar-refractivity contribution in [2.45, 2.75) is 37.7 Å². The number of aliphatic hydroxyl groups is 1. The predicted molar refractivity (Wildman–Crippen MR) is 88.4 cm³/mol. The molecule has 1 aliphatic rings. The molecule has 0 spiro atoms. The minimum Gasteiger partial charge on any atom is -0.386 e. The average Bonchev–Trinajstić information content (AvgIpc) is 2.85. The summed E-state index contributed by atoms with van der Waals surface area (Å²) in [5.74, 6) is 0. The average molecular weight is 362 g/mol. The second kappa shape index (κ2) is 5.57. The number of fused-ring (bicyclic) bond motifs is 1. The summed E-state index contributed by atoms with van der Waals surface area (Å²) in [6.45, 7) is 2.01. The van der Waals surface area contributed by atoms with Crippen LogP contribution in [0.2, 0.25) is 0 Å². The molecule has 2 atom stereocenters. The van der Waals surface area contributed by atoms with Crippen molar-refractivity contribution in [1.82, 2.24) is 0 Å². The molecular weight excluding hydrogens is 346 g/mol. The van der Waals surface area contributed by atoms with Gasteiger partial charge in [0.15, 0.2) is 0 Å². The molecule has 0 radical (unpaired) electrons. The molecule has 0 aliphatic heterocycles. The van der Waals surface area contributed by atoms with E-state index in [1.54, 1.807) is 11.3 Å². The molecule has 1 aliphatic carbocycles. The lowest BCUT2D eigenvalue weighted by molar-refractivity contribution is 0.103. The highest BCUT2D eigenvalue weighted by Crippen LogP contribution is 2.47. The molecule has 108 valence electrons. The molecule has 1 aromatic heterocycles. The number of hydrogen-bond acceptors (Lipinski definition) is 3. The molecule has 1 N–H and O–H groups in total. The van der Waals surface area contributed by atoms with E-state index in [0.29, 0.717) is 6.42 Å². The molecule has 2 aromatic rings. The summed E-state index contributed by atoms with van der Waals surface area (Å²) in [5, 5.41) is 20.8. The second-order valence-corrected chi connectivity index (χ2v) is 7.69. The highest BCUT2D eigenvalue weighted by atomic mass is 79.9. The fraction of sp³-hybridized carbons (Fsp3) is 0.353. The Morgan fingerprint density at radius 2 is 2.19 bits per heavy atom. The van der Waals surface area contributed by atoms with E-state index >= 15 is 0 Å². The first kappa shape index (κ1) is 14.8. The minimum atomic E-state index is -0.828. The summed E-state index contributed by atoms with van der Waals surface area (Å²) in [4.78, 5) is 1.99. The summed E-state index contributed by atoms with van der Waals surface area (Å²) in [7, 11) is 0. The topological polar surface area (TPSA) is 44.0 Å². The van der Waals surface area contributed by atoms with Crippen LogP contribution in [0.5, 0.6) is 0 Å². The van der Waals surface area contributed by atoms with E-state index < -0.39 is 11.5 Å². The molecule has 4 heteroatoms. The number of nitrogens with zero attached hydrogens (tertiary/aromatic N) is 1. The van der Waals surface area contributed by atoms with Gasteiger partial charge < -0.3 is 5.11 Å². The monoisotopic (exact) mass is 361 g/mol. The van der Waals surface area contributed by atoms with Gasteiger partial charge in [-0.3, -0.25) is 0 Å². The highest BCUT2D eigenvalue weighted by molar-refractivity contribution is 9.10. The number of benzene rings is 1. The molecule has 2 nitrogen and oxygen atoms in total. The Bertz CT molecular complexity index is 698. The quantitative estimate of drug-likeness (QED) is 0.845. The van der Waals surface area contributed by atoms with E-state index in [1.807, 2.05) is 31.2 Å². The number of aliphatic hydroxyl groups excluding tert-OH is 1. The van der Waals surface area contributed by atoms with E-state index in [9.17, 15) is 10.4 Å². The van der Waals surface area contributed by atoms with Gasteiger partial charge in [-0.2, -0.15) is 5.26 Å². The molecule has 21 heavy (non-hydrogen) atoms. The molecule has 3 rings (SSSR count). The van der Waals surface area contributed by atoms with Gasteiger partial charge in [-0.1, -0.05) is 24.3 Å². The summed E-state index contributed by atoms with van der Waals surface area (Å²) in [6.07, 6.45) is 1.85. The van der Waals surface area contributed by atoms with Gasteiger partial charge in [0.05, 0.1) is 6.07 Å². The molecular formula is C17H16BrNOS. The third-order valence-corrected chi connectivity index (χ3v) is 6.52. The van der Waals surface area contributed by atoms with Crippen LogP contribution in [-0.2, 0) is 11.8 Å². The molecule has 1 heterocycles. The first-order valence-corrected chi connectivity index (χ1v) is 8.63. The van der Waals surface area contributed by atoms with Gasteiger partial charge in [0.2, 0.25) is 0 Å². The summed E-state index contributed by atoms with van der Waals surface area (Å²) < 4.78 is 0.999. The first-order chi connectivity index (χ1) is 10.1. The maximum absolute atomic E-state index is 10.9. The molecule has 2 unspecified atom stereocenters. The molecule has 1 aromatic carbocycles. The van der Waals surface area contributed by atoms with Crippen LogP contribution in [0.4, 0.5) is 0 Å². The Morgan fingerprint density at radius 3 is 2.86 bits per heavy atom. The van der Waals surface area contributed by atoms with Crippen molar-refractivity contribution in [3.05, 3.63) is 55.7 Å². The van der Waals surface area contributed by atoms with Gasteiger partial charge in [0.25, 0.3) is 0 Å². The fourth-order valence-electron chi connectivity index (χ4n) is 3.19. The van der Waals surface area contributed by atoms with E-state index in [2.05, 4.69) is 28.1 Å². The van der Waals surface area contributed by atoms with Crippen LogP contribution in [0.15, 0.2) is 34.8 Å². The van der Waals surface area contributed by atoms with Crippen LogP contribution in [0, 0.1) is 18.3 Å². The number of halogens is 1. The van der Waals surface area contributed by atoms with E-state index in [-0.39, 0.29) is 0 Å². The van der Waals surface area contributed by atoms with E-state index in [1.165, 1.54) is 5.56 Å². The maximum atomic E-state index is 10.9. The van der Waals surface area contributed by atoms with Gasteiger partial charge in [-0.05, 0) is 59.3 Å². The van der Waals surface area contributed by atoms with Gasteiger partial charge >= 0.3 is 0 Å². The van der Waals surface area contributed by atoms with Crippen LogP contribution < -0.4 is 0 Å². The SMILES string of the molecule is Cc1sc(C(O)C2(C#N)CCCc3ccccc32)cc1Br. The van der Waals surface area contributed by atoms with Crippen molar-refractivity contribution in [1.29, 1.82) is 5.26 Å². The summed E-state index contributed by atoms with van der Waals surface area (Å²) in [5.41, 5.74) is 1.36. The van der Waals surface area contributed by atoms with Crippen molar-refractivity contribution in [3.63, 3.8) is 0 Å². The number of thiophene rings is 1. The number of aryl methyl sites for hydroxylation is 2. The first-order valence-electron chi connectivity index (χ1n) is 7.02. The molecule has 0 fully saturated rings. The maximum Gasteiger partial charge on any atom is 0.113 e. The van der Waals surface area contributed by atoms with E-state index in [4.69, 9.17) is 0 Å². The van der Waals surface area contributed by atoms with Crippen molar-refractivity contribution < 1.29 is 5.11 Å². The lowest BCUT2D eigenvalue weighted by Gasteiger charge is -2.36. The van der Waals surface area contributed by atoms with Crippen LogP contribution in [0.1, 0.15) is 39.8 Å². The van der Waals surface area contributed by atoms with E-state index in [0.717, 1.165) is 32.6 Å². The van der Waals surface area contributed by atoms with Crippen LogP contribution in [0.3, 0.4) is 0 Å². The van der Waals surface area contributed by atoms with Crippen molar-refractivity contribution in [2.24, 2.45) is 0 Å².